The lowest BCUT2D eigenvalue weighted by Crippen LogP contribution is -2.23. The van der Waals surface area contributed by atoms with Crippen LogP contribution in [0, 0.1) is 0 Å². The van der Waals surface area contributed by atoms with Crippen molar-refractivity contribution in [2.45, 2.75) is 51.0 Å². The maximum Gasteiger partial charge on any atom is 0.00684 e. The fourth-order valence-electron chi connectivity index (χ4n) is 2.45. The van der Waals surface area contributed by atoms with Gasteiger partial charge in [0, 0.05) is 12.6 Å². The number of thioether (sulfide) groups is 1. The first-order chi connectivity index (χ1) is 9.40. The number of hydrogen-bond acceptors (Lipinski definition) is 2. The third kappa shape index (κ3) is 6.01. The highest BCUT2D eigenvalue weighted by Gasteiger charge is 2.22. The maximum absolute atomic E-state index is 3.70. The van der Waals surface area contributed by atoms with Crippen molar-refractivity contribution in [1.29, 1.82) is 0 Å². The molecular weight excluding hydrogens is 250 g/mol. The normalized spacial score (nSPS) is 16.5. The Kier molecular flexibility index (Phi) is 6.80. The molecule has 1 N–H and O–H groups in total. The van der Waals surface area contributed by atoms with E-state index in [2.05, 4.69) is 54.3 Å². The van der Waals surface area contributed by atoms with Crippen molar-refractivity contribution >= 4 is 11.8 Å². The van der Waals surface area contributed by atoms with Crippen molar-refractivity contribution in [3.05, 3.63) is 35.9 Å². The Labute approximate surface area is 122 Å². The predicted molar refractivity (Wildman–Crippen MR) is 87.1 cm³/mol. The van der Waals surface area contributed by atoms with Gasteiger partial charge in [0.05, 0.1) is 0 Å². The minimum Gasteiger partial charge on any atom is -0.313 e. The van der Waals surface area contributed by atoms with Crippen LogP contribution < -0.4 is 5.32 Å². The highest BCUT2D eigenvalue weighted by molar-refractivity contribution is 7.99. The molecule has 1 aliphatic rings. The van der Waals surface area contributed by atoms with Crippen LogP contribution in [-0.4, -0.2) is 24.1 Å². The van der Waals surface area contributed by atoms with Crippen LogP contribution in [0.2, 0.25) is 0 Å². The quantitative estimate of drug-likeness (QED) is 0.634. The summed E-state index contributed by atoms with van der Waals surface area (Å²) in [6.45, 7) is 3.41. The molecule has 0 spiro atoms. The van der Waals surface area contributed by atoms with Crippen LogP contribution in [-0.2, 0) is 0 Å². The van der Waals surface area contributed by atoms with Crippen LogP contribution in [0.1, 0.15) is 50.5 Å². The molecule has 1 aliphatic carbocycles. The van der Waals surface area contributed by atoms with Gasteiger partial charge in [0.1, 0.15) is 0 Å². The Morgan fingerprint density at radius 2 is 2.00 bits per heavy atom. The zero-order valence-corrected chi connectivity index (χ0v) is 12.9. The molecule has 2 heteroatoms. The molecule has 1 aromatic rings. The highest BCUT2D eigenvalue weighted by Crippen LogP contribution is 2.25. The molecule has 106 valence electrons. The van der Waals surface area contributed by atoms with Gasteiger partial charge in [-0.05, 0) is 48.7 Å². The highest BCUT2D eigenvalue weighted by atomic mass is 32.2. The lowest BCUT2D eigenvalue weighted by Gasteiger charge is -2.18. The van der Waals surface area contributed by atoms with Gasteiger partial charge in [0.2, 0.25) is 0 Å². The summed E-state index contributed by atoms with van der Waals surface area (Å²) in [4.78, 5) is 0. The standard InChI is InChI=1S/C17H27NS/c1-2-19-13-7-6-10-16(14-18-17-11-12-17)15-8-4-3-5-9-15/h3-5,8-9,16-18H,2,6-7,10-14H2,1H3. The second-order valence-corrected chi connectivity index (χ2v) is 6.88. The van der Waals surface area contributed by atoms with Crippen molar-refractivity contribution < 1.29 is 0 Å². The average Bonchev–Trinajstić information content (AvgIpc) is 3.27. The molecule has 1 fully saturated rings. The SMILES string of the molecule is CCSCCCCC(CNC1CC1)c1ccccc1. The van der Waals surface area contributed by atoms with Gasteiger partial charge >= 0.3 is 0 Å². The minimum atomic E-state index is 0.702. The fourth-order valence-corrected chi connectivity index (χ4v) is 3.14. The van der Waals surface area contributed by atoms with Gasteiger partial charge in [-0.1, -0.05) is 43.7 Å². The van der Waals surface area contributed by atoms with E-state index in [1.54, 1.807) is 0 Å². The average molecular weight is 277 g/mol. The van der Waals surface area contributed by atoms with Crippen LogP contribution >= 0.6 is 11.8 Å². The minimum absolute atomic E-state index is 0.702. The number of hydrogen-bond donors (Lipinski definition) is 1. The van der Waals surface area contributed by atoms with Crippen LogP contribution in [0.5, 0.6) is 0 Å². The second-order valence-electron chi connectivity index (χ2n) is 5.48. The molecule has 0 aliphatic heterocycles. The van der Waals surface area contributed by atoms with Gasteiger partial charge in [0.25, 0.3) is 0 Å². The zero-order chi connectivity index (χ0) is 13.3. The molecule has 0 radical (unpaired) electrons. The zero-order valence-electron chi connectivity index (χ0n) is 12.1. The van der Waals surface area contributed by atoms with E-state index in [0.29, 0.717) is 5.92 Å². The molecule has 1 saturated carbocycles. The molecule has 0 amide bonds. The third-order valence-electron chi connectivity index (χ3n) is 3.80. The van der Waals surface area contributed by atoms with E-state index < -0.39 is 0 Å². The van der Waals surface area contributed by atoms with Gasteiger partial charge in [-0.3, -0.25) is 0 Å². The molecule has 1 atom stereocenters. The summed E-state index contributed by atoms with van der Waals surface area (Å²) in [6, 6.07) is 11.9. The molecule has 19 heavy (non-hydrogen) atoms. The summed E-state index contributed by atoms with van der Waals surface area (Å²) >= 11 is 2.07. The van der Waals surface area contributed by atoms with Crippen LogP contribution in [0.15, 0.2) is 30.3 Å². The number of rotatable bonds is 10. The van der Waals surface area contributed by atoms with Crippen LogP contribution in [0.3, 0.4) is 0 Å². The predicted octanol–water partition coefficient (Wildman–Crippen LogP) is 4.45. The number of benzene rings is 1. The van der Waals surface area contributed by atoms with Crippen molar-refractivity contribution in [2.75, 3.05) is 18.1 Å². The first-order valence-corrected chi connectivity index (χ1v) is 8.91. The Bertz CT molecular complexity index is 334. The molecule has 0 saturated heterocycles. The molecule has 1 aromatic carbocycles. The second kappa shape index (κ2) is 8.65. The summed E-state index contributed by atoms with van der Waals surface area (Å²) in [5.74, 6) is 3.28. The Hall–Kier alpha value is -0.470. The molecule has 1 nitrogen and oxygen atoms in total. The van der Waals surface area contributed by atoms with Crippen molar-refractivity contribution in [3.63, 3.8) is 0 Å². The third-order valence-corrected chi connectivity index (χ3v) is 4.78. The van der Waals surface area contributed by atoms with Gasteiger partial charge in [-0.15, -0.1) is 0 Å². The fraction of sp³-hybridized carbons (Fsp3) is 0.647. The lowest BCUT2D eigenvalue weighted by molar-refractivity contribution is 0.528. The van der Waals surface area contributed by atoms with E-state index in [9.17, 15) is 0 Å². The Morgan fingerprint density at radius 1 is 1.21 bits per heavy atom. The molecule has 1 unspecified atom stereocenters. The summed E-state index contributed by atoms with van der Waals surface area (Å²) in [6.07, 6.45) is 6.82. The van der Waals surface area contributed by atoms with E-state index >= 15 is 0 Å². The van der Waals surface area contributed by atoms with E-state index in [-0.39, 0.29) is 0 Å². The van der Waals surface area contributed by atoms with Crippen LogP contribution in [0.25, 0.3) is 0 Å². The van der Waals surface area contributed by atoms with E-state index in [1.165, 1.54) is 49.2 Å². The molecule has 0 heterocycles. The van der Waals surface area contributed by atoms with Gasteiger partial charge in [0.15, 0.2) is 0 Å². The molecular formula is C17H27NS. The Morgan fingerprint density at radius 3 is 2.68 bits per heavy atom. The van der Waals surface area contributed by atoms with E-state index in [4.69, 9.17) is 0 Å². The van der Waals surface area contributed by atoms with Crippen LogP contribution in [0.4, 0.5) is 0 Å². The largest absolute Gasteiger partial charge is 0.313 e. The van der Waals surface area contributed by atoms with E-state index in [1.807, 2.05) is 0 Å². The lowest BCUT2D eigenvalue weighted by atomic mass is 9.93. The summed E-state index contributed by atoms with van der Waals surface area (Å²) < 4.78 is 0. The first-order valence-electron chi connectivity index (χ1n) is 7.76. The first kappa shape index (κ1) is 14.9. The Balaban J connectivity index is 1.76. The van der Waals surface area contributed by atoms with Gasteiger partial charge in [-0.2, -0.15) is 11.8 Å². The van der Waals surface area contributed by atoms with Crippen molar-refractivity contribution in [3.8, 4) is 0 Å². The maximum atomic E-state index is 3.70. The monoisotopic (exact) mass is 277 g/mol. The number of unbranched alkanes of at least 4 members (excludes halogenated alkanes) is 1. The van der Waals surface area contributed by atoms with Crippen molar-refractivity contribution in [2.24, 2.45) is 0 Å². The van der Waals surface area contributed by atoms with Gasteiger partial charge in [-0.25, -0.2) is 0 Å². The molecule has 2 rings (SSSR count). The van der Waals surface area contributed by atoms with Crippen molar-refractivity contribution in [1.82, 2.24) is 5.32 Å². The summed E-state index contributed by atoms with van der Waals surface area (Å²) in [7, 11) is 0. The molecule has 0 bridgehead atoms. The summed E-state index contributed by atoms with van der Waals surface area (Å²) in [5, 5.41) is 3.70. The van der Waals surface area contributed by atoms with Gasteiger partial charge < -0.3 is 5.32 Å². The number of nitrogens with one attached hydrogen (secondary N) is 1. The summed E-state index contributed by atoms with van der Waals surface area (Å²) in [5.41, 5.74) is 1.51. The van der Waals surface area contributed by atoms with E-state index in [0.717, 1.165) is 12.6 Å². The smallest absolute Gasteiger partial charge is 0.00684 e. The molecule has 0 aromatic heterocycles. The topological polar surface area (TPSA) is 12.0 Å².